The van der Waals surface area contributed by atoms with E-state index in [0.717, 1.165) is 5.82 Å². The second kappa shape index (κ2) is 5.80. The number of ketones is 1. The highest BCUT2D eigenvalue weighted by Crippen LogP contribution is 2.07. The van der Waals surface area contributed by atoms with Crippen molar-refractivity contribution >= 4 is 5.78 Å². The Balaban J connectivity index is 2.33. The lowest BCUT2D eigenvalue weighted by Crippen LogP contribution is -2.29. The quantitative estimate of drug-likeness (QED) is 0.790. The van der Waals surface area contributed by atoms with Crippen molar-refractivity contribution in [2.75, 3.05) is 0 Å². The van der Waals surface area contributed by atoms with Crippen LogP contribution in [0.25, 0.3) is 0 Å². The third-order valence-electron chi connectivity index (χ3n) is 2.87. The number of carbonyl (C=O) groups is 1. The second-order valence-electron chi connectivity index (χ2n) is 4.61. The Morgan fingerprint density at radius 2 is 2.25 bits per heavy atom. The first-order chi connectivity index (χ1) is 7.50. The van der Waals surface area contributed by atoms with Crippen LogP contribution in [0, 0.1) is 5.92 Å². The Kier molecular flexibility index (Phi) is 4.68. The van der Waals surface area contributed by atoms with Crippen LogP contribution < -0.4 is 5.73 Å². The number of hydrogen-bond donors (Lipinski definition) is 1. The molecule has 1 aromatic rings. The SMILES string of the molecule is CC(C)C(N)CC(=O)CCc1nccn1C. The molecule has 1 unspecified atom stereocenters. The van der Waals surface area contributed by atoms with Crippen molar-refractivity contribution in [1.82, 2.24) is 9.55 Å². The molecule has 1 atom stereocenters. The van der Waals surface area contributed by atoms with Gasteiger partial charge in [0.05, 0.1) is 0 Å². The van der Waals surface area contributed by atoms with Crippen LogP contribution in [-0.4, -0.2) is 21.4 Å². The average molecular weight is 223 g/mol. The molecule has 2 N–H and O–H groups in total. The van der Waals surface area contributed by atoms with Crippen molar-refractivity contribution in [2.45, 2.75) is 39.2 Å². The highest BCUT2D eigenvalue weighted by molar-refractivity contribution is 5.79. The van der Waals surface area contributed by atoms with E-state index in [4.69, 9.17) is 5.73 Å². The summed E-state index contributed by atoms with van der Waals surface area (Å²) in [5.74, 6) is 1.53. The van der Waals surface area contributed by atoms with Gasteiger partial charge in [0.1, 0.15) is 11.6 Å². The molecular formula is C12H21N3O. The van der Waals surface area contributed by atoms with Gasteiger partial charge >= 0.3 is 0 Å². The first-order valence-electron chi connectivity index (χ1n) is 5.74. The first kappa shape index (κ1) is 12.9. The third-order valence-corrected chi connectivity index (χ3v) is 2.87. The maximum absolute atomic E-state index is 11.6. The molecule has 0 radical (unpaired) electrons. The summed E-state index contributed by atoms with van der Waals surface area (Å²) in [6.45, 7) is 4.08. The molecule has 0 bridgehead atoms. The third kappa shape index (κ3) is 3.77. The van der Waals surface area contributed by atoms with E-state index in [9.17, 15) is 4.79 Å². The Morgan fingerprint density at radius 3 is 2.75 bits per heavy atom. The van der Waals surface area contributed by atoms with Crippen LogP contribution in [0.1, 0.15) is 32.5 Å². The van der Waals surface area contributed by atoms with Crippen LogP contribution in [0.5, 0.6) is 0 Å². The normalized spacial score (nSPS) is 13.1. The number of Topliss-reactive ketones (excluding diaryl/α,β-unsaturated/α-hetero) is 1. The fourth-order valence-electron chi connectivity index (χ4n) is 1.49. The highest BCUT2D eigenvalue weighted by atomic mass is 16.1. The summed E-state index contributed by atoms with van der Waals surface area (Å²) in [5, 5.41) is 0. The second-order valence-corrected chi connectivity index (χ2v) is 4.61. The van der Waals surface area contributed by atoms with Crippen LogP contribution in [0.4, 0.5) is 0 Å². The molecule has 0 saturated carbocycles. The van der Waals surface area contributed by atoms with E-state index in [0.29, 0.717) is 25.2 Å². The molecule has 0 aliphatic heterocycles. The van der Waals surface area contributed by atoms with Gasteiger partial charge in [-0.2, -0.15) is 0 Å². The van der Waals surface area contributed by atoms with Gasteiger partial charge in [-0.1, -0.05) is 13.8 Å². The Bertz CT molecular complexity index is 344. The molecule has 0 aliphatic carbocycles. The van der Waals surface area contributed by atoms with Gasteiger partial charge in [-0.25, -0.2) is 4.98 Å². The molecule has 0 amide bonds. The monoisotopic (exact) mass is 223 g/mol. The smallest absolute Gasteiger partial charge is 0.134 e. The van der Waals surface area contributed by atoms with Crippen molar-refractivity contribution in [3.8, 4) is 0 Å². The molecule has 0 aromatic carbocycles. The number of hydrogen-bond acceptors (Lipinski definition) is 3. The van der Waals surface area contributed by atoms with E-state index in [1.54, 1.807) is 6.20 Å². The van der Waals surface area contributed by atoms with Gasteiger partial charge in [-0.15, -0.1) is 0 Å². The Hall–Kier alpha value is -1.16. The van der Waals surface area contributed by atoms with Gasteiger partial charge < -0.3 is 10.3 Å². The van der Waals surface area contributed by atoms with Crippen LogP contribution in [-0.2, 0) is 18.3 Å². The number of aromatic nitrogens is 2. The fraction of sp³-hybridized carbons (Fsp3) is 0.667. The molecule has 0 spiro atoms. The van der Waals surface area contributed by atoms with Gasteiger partial charge in [-0.05, 0) is 5.92 Å². The van der Waals surface area contributed by atoms with Crippen LogP contribution in [0.2, 0.25) is 0 Å². The molecule has 16 heavy (non-hydrogen) atoms. The maximum Gasteiger partial charge on any atom is 0.134 e. The lowest BCUT2D eigenvalue weighted by atomic mass is 9.98. The summed E-state index contributed by atoms with van der Waals surface area (Å²) in [7, 11) is 1.94. The summed E-state index contributed by atoms with van der Waals surface area (Å²) in [6, 6.07) is -0.0196. The molecule has 1 rings (SSSR count). The Labute approximate surface area is 96.9 Å². The lowest BCUT2D eigenvalue weighted by molar-refractivity contribution is -0.119. The first-order valence-corrected chi connectivity index (χ1v) is 5.74. The minimum absolute atomic E-state index is 0.0196. The standard InChI is InChI=1S/C12H21N3O/c1-9(2)11(13)8-10(16)4-5-12-14-6-7-15(12)3/h6-7,9,11H,4-5,8,13H2,1-3H3. The van der Waals surface area contributed by atoms with Crippen molar-refractivity contribution in [1.29, 1.82) is 0 Å². The van der Waals surface area contributed by atoms with Gasteiger partial charge in [-0.3, -0.25) is 4.79 Å². The predicted molar refractivity (Wildman–Crippen MR) is 64.0 cm³/mol. The number of carbonyl (C=O) groups excluding carboxylic acids is 1. The molecule has 0 aliphatic rings. The van der Waals surface area contributed by atoms with Crippen molar-refractivity contribution in [3.05, 3.63) is 18.2 Å². The molecule has 1 heterocycles. The molecule has 4 nitrogen and oxygen atoms in total. The van der Waals surface area contributed by atoms with Crippen molar-refractivity contribution in [3.63, 3.8) is 0 Å². The van der Waals surface area contributed by atoms with E-state index >= 15 is 0 Å². The van der Waals surface area contributed by atoms with Crippen molar-refractivity contribution in [2.24, 2.45) is 18.7 Å². The van der Waals surface area contributed by atoms with Crippen LogP contribution >= 0.6 is 0 Å². The molecule has 0 saturated heterocycles. The minimum Gasteiger partial charge on any atom is -0.338 e. The summed E-state index contributed by atoms with van der Waals surface area (Å²) >= 11 is 0. The number of nitrogens with zero attached hydrogens (tertiary/aromatic N) is 2. The number of nitrogens with two attached hydrogens (primary N) is 1. The van der Waals surface area contributed by atoms with E-state index in [1.165, 1.54) is 0 Å². The highest BCUT2D eigenvalue weighted by Gasteiger charge is 2.13. The largest absolute Gasteiger partial charge is 0.338 e. The van der Waals surface area contributed by atoms with Gasteiger partial charge in [0.2, 0.25) is 0 Å². The molecule has 1 aromatic heterocycles. The number of imidazole rings is 1. The number of aryl methyl sites for hydroxylation is 2. The van der Waals surface area contributed by atoms with Crippen molar-refractivity contribution < 1.29 is 4.79 Å². The van der Waals surface area contributed by atoms with Crippen LogP contribution in [0.15, 0.2) is 12.4 Å². The summed E-state index contributed by atoms with van der Waals surface area (Å²) in [4.78, 5) is 15.8. The van der Waals surface area contributed by atoms with E-state index in [2.05, 4.69) is 4.98 Å². The minimum atomic E-state index is -0.0196. The number of rotatable bonds is 6. The average Bonchev–Trinajstić information content (AvgIpc) is 2.61. The topological polar surface area (TPSA) is 60.9 Å². The summed E-state index contributed by atoms with van der Waals surface area (Å²) in [5.41, 5.74) is 5.85. The van der Waals surface area contributed by atoms with E-state index in [-0.39, 0.29) is 11.8 Å². The zero-order valence-electron chi connectivity index (χ0n) is 10.3. The zero-order valence-corrected chi connectivity index (χ0v) is 10.3. The Morgan fingerprint density at radius 1 is 1.56 bits per heavy atom. The molecule has 90 valence electrons. The summed E-state index contributed by atoms with van der Waals surface area (Å²) < 4.78 is 1.94. The molecule has 4 heteroatoms. The molecule has 0 fully saturated rings. The lowest BCUT2D eigenvalue weighted by Gasteiger charge is -2.14. The van der Waals surface area contributed by atoms with Gasteiger partial charge in [0, 0.05) is 44.7 Å². The van der Waals surface area contributed by atoms with Crippen LogP contribution in [0.3, 0.4) is 0 Å². The predicted octanol–water partition coefficient (Wildman–Crippen LogP) is 1.30. The fourth-order valence-corrected chi connectivity index (χ4v) is 1.49. The van der Waals surface area contributed by atoms with E-state index < -0.39 is 0 Å². The van der Waals surface area contributed by atoms with Gasteiger partial charge in [0.15, 0.2) is 0 Å². The molecular weight excluding hydrogens is 202 g/mol. The van der Waals surface area contributed by atoms with E-state index in [1.807, 2.05) is 31.7 Å². The maximum atomic E-state index is 11.6. The zero-order chi connectivity index (χ0) is 12.1. The van der Waals surface area contributed by atoms with Gasteiger partial charge in [0.25, 0.3) is 0 Å². The summed E-state index contributed by atoms with van der Waals surface area (Å²) in [6.07, 6.45) is 5.35.